The zero-order valence-corrected chi connectivity index (χ0v) is 20.7. The van der Waals surface area contributed by atoms with Gasteiger partial charge in [0.25, 0.3) is 0 Å². The van der Waals surface area contributed by atoms with Crippen molar-refractivity contribution < 1.29 is 23.8 Å². The van der Waals surface area contributed by atoms with E-state index in [1.807, 2.05) is 29.2 Å². The summed E-state index contributed by atoms with van der Waals surface area (Å²) in [5.41, 5.74) is 1.75. The topological polar surface area (TPSA) is 92.7 Å². The molecule has 1 N–H and O–H groups in total. The maximum atomic E-state index is 13.1. The fraction of sp³-hybridized carbons (Fsp3) is 0.400. The normalized spacial score (nSPS) is 20.1. The number of rotatable bonds is 6. The van der Waals surface area contributed by atoms with Crippen molar-refractivity contribution in [3.63, 3.8) is 0 Å². The van der Waals surface area contributed by atoms with Crippen LogP contribution in [0, 0.1) is 5.92 Å². The minimum atomic E-state index is -1.10. The molecular formula is C25H29ClN4O5. The maximum Gasteiger partial charge on any atom is 0.321 e. The van der Waals surface area contributed by atoms with Crippen LogP contribution in [0.4, 0.5) is 5.69 Å². The maximum absolute atomic E-state index is 13.1. The fourth-order valence-corrected chi connectivity index (χ4v) is 4.46. The summed E-state index contributed by atoms with van der Waals surface area (Å²) >= 11 is 6.01. The van der Waals surface area contributed by atoms with E-state index in [4.69, 9.17) is 30.8 Å². The van der Waals surface area contributed by atoms with Gasteiger partial charge in [-0.1, -0.05) is 17.7 Å². The number of amides is 1. The number of methoxy groups -OCH3 is 2. The molecule has 0 bridgehead atoms. The second-order valence-electron chi connectivity index (χ2n) is 8.18. The van der Waals surface area contributed by atoms with Gasteiger partial charge in [-0.15, -0.1) is 0 Å². The molecule has 2 atom stereocenters. The summed E-state index contributed by atoms with van der Waals surface area (Å²) in [6.45, 7) is 4.69. The number of hydrogen-bond donors (Lipinski definition) is 1. The van der Waals surface area contributed by atoms with Crippen LogP contribution in [-0.2, 0) is 14.3 Å². The Morgan fingerprint density at radius 2 is 1.69 bits per heavy atom. The zero-order chi connectivity index (χ0) is 24.9. The molecule has 0 unspecified atom stereocenters. The summed E-state index contributed by atoms with van der Waals surface area (Å²) in [4.78, 5) is 35.0. The lowest BCUT2D eigenvalue weighted by Crippen LogP contribution is -2.57. The van der Waals surface area contributed by atoms with Crippen LogP contribution in [0.25, 0.3) is 0 Å². The third-order valence-electron chi connectivity index (χ3n) is 6.16. The highest BCUT2D eigenvalue weighted by Crippen LogP contribution is 2.36. The molecule has 35 heavy (non-hydrogen) atoms. The van der Waals surface area contributed by atoms with Crippen molar-refractivity contribution in [3.05, 3.63) is 53.1 Å². The number of piperazine rings is 1. The van der Waals surface area contributed by atoms with Crippen LogP contribution in [0.1, 0.15) is 18.5 Å². The average Bonchev–Trinajstić information content (AvgIpc) is 2.88. The Hall–Kier alpha value is -3.46. The average molecular weight is 501 g/mol. The molecule has 1 amide bonds. The Morgan fingerprint density at radius 1 is 1.03 bits per heavy atom. The first-order chi connectivity index (χ1) is 16.9. The number of nitrogens with zero attached hydrogens (tertiary/aromatic N) is 3. The Kier molecular flexibility index (Phi) is 7.65. The number of aliphatic imine (C=N–C) groups is 1. The molecule has 2 heterocycles. The van der Waals surface area contributed by atoms with Crippen molar-refractivity contribution in [2.45, 2.75) is 13.0 Å². The van der Waals surface area contributed by atoms with Gasteiger partial charge in [-0.25, -0.2) is 4.99 Å². The van der Waals surface area contributed by atoms with Crippen molar-refractivity contribution in [3.8, 4) is 11.5 Å². The number of hydrogen-bond acceptors (Lipinski definition) is 8. The van der Waals surface area contributed by atoms with E-state index in [1.54, 1.807) is 32.2 Å². The van der Waals surface area contributed by atoms with Gasteiger partial charge in [0, 0.05) is 36.9 Å². The van der Waals surface area contributed by atoms with E-state index in [9.17, 15) is 9.59 Å². The summed E-state index contributed by atoms with van der Waals surface area (Å²) in [5, 5.41) is 3.53. The number of esters is 1. The lowest BCUT2D eigenvalue weighted by molar-refractivity contribution is -0.153. The van der Waals surface area contributed by atoms with Crippen LogP contribution in [0.15, 0.2) is 47.5 Å². The molecule has 1 fully saturated rings. The third kappa shape index (κ3) is 5.30. The van der Waals surface area contributed by atoms with Gasteiger partial charge in [0.05, 0.1) is 20.8 Å². The van der Waals surface area contributed by atoms with E-state index in [0.29, 0.717) is 41.1 Å². The minimum absolute atomic E-state index is 0.171. The second-order valence-corrected chi connectivity index (χ2v) is 8.62. The third-order valence-corrected chi connectivity index (χ3v) is 6.41. The van der Waals surface area contributed by atoms with Gasteiger partial charge >= 0.3 is 5.97 Å². The van der Waals surface area contributed by atoms with Crippen LogP contribution < -0.4 is 19.7 Å². The fourth-order valence-electron chi connectivity index (χ4n) is 4.33. The predicted molar refractivity (Wildman–Crippen MR) is 133 cm³/mol. The summed E-state index contributed by atoms with van der Waals surface area (Å²) in [5.74, 6) is -0.662. The number of ether oxygens (including phenoxy) is 3. The first-order valence-corrected chi connectivity index (χ1v) is 11.9. The van der Waals surface area contributed by atoms with Crippen molar-refractivity contribution >= 4 is 35.1 Å². The summed E-state index contributed by atoms with van der Waals surface area (Å²) < 4.78 is 16.0. The molecule has 4 rings (SSSR count). The van der Waals surface area contributed by atoms with Crippen molar-refractivity contribution in [2.75, 3.05) is 51.9 Å². The molecule has 186 valence electrons. The van der Waals surface area contributed by atoms with Gasteiger partial charge in [0.2, 0.25) is 11.9 Å². The van der Waals surface area contributed by atoms with Crippen LogP contribution in [0.2, 0.25) is 5.02 Å². The Labute approximate surface area is 209 Å². The molecule has 2 aromatic rings. The quantitative estimate of drug-likeness (QED) is 0.481. The number of carbonyl (C=O) groups is 2. The number of benzene rings is 2. The van der Waals surface area contributed by atoms with E-state index < -0.39 is 23.8 Å². The standard InChI is InChI=1S/C25H29ClN4O5/c1-4-35-24(32)21-22(16-5-10-19(33-2)20(15-16)34-3)27-25(28-23(21)31)30-13-11-29(12-14-30)18-8-6-17(26)7-9-18/h5-10,15,21-22H,4,11-14H2,1-3H3,(H,27,28,31)/t21-,22-/m1/s1. The van der Waals surface area contributed by atoms with Gasteiger partial charge in [0.1, 0.15) is 6.04 Å². The molecular weight excluding hydrogens is 472 g/mol. The van der Waals surface area contributed by atoms with Gasteiger partial charge in [-0.05, 0) is 48.9 Å². The molecule has 1 saturated heterocycles. The first kappa shape index (κ1) is 24.7. The number of nitrogens with one attached hydrogen (secondary N) is 1. The summed E-state index contributed by atoms with van der Waals surface area (Å²) in [6.07, 6.45) is 0. The molecule has 2 aliphatic heterocycles. The highest BCUT2D eigenvalue weighted by atomic mass is 35.5. The molecule has 0 aromatic heterocycles. The Balaban J connectivity index is 1.60. The second kappa shape index (κ2) is 10.9. The van der Waals surface area contributed by atoms with Gasteiger partial charge in [-0.3, -0.25) is 14.9 Å². The van der Waals surface area contributed by atoms with E-state index in [1.165, 1.54) is 7.11 Å². The van der Waals surface area contributed by atoms with E-state index in [-0.39, 0.29) is 6.61 Å². The van der Waals surface area contributed by atoms with E-state index in [2.05, 4.69) is 10.2 Å². The van der Waals surface area contributed by atoms with Crippen LogP contribution >= 0.6 is 11.6 Å². The van der Waals surface area contributed by atoms with Crippen molar-refractivity contribution in [1.82, 2.24) is 10.2 Å². The predicted octanol–water partition coefficient (Wildman–Crippen LogP) is 2.89. The van der Waals surface area contributed by atoms with E-state index in [0.717, 1.165) is 18.8 Å². The van der Waals surface area contributed by atoms with Crippen LogP contribution in [-0.4, -0.2) is 69.7 Å². The Morgan fingerprint density at radius 3 is 2.31 bits per heavy atom. The molecule has 10 heteroatoms. The lowest BCUT2D eigenvalue weighted by atomic mass is 9.91. The van der Waals surface area contributed by atoms with Crippen molar-refractivity contribution in [1.29, 1.82) is 0 Å². The van der Waals surface area contributed by atoms with Gasteiger partial charge in [-0.2, -0.15) is 0 Å². The Bertz CT molecular complexity index is 1100. The van der Waals surface area contributed by atoms with Crippen LogP contribution in [0.5, 0.6) is 11.5 Å². The minimum Gasteiger partial charge on any atom is -0.493 e. The highest BCUT2D eigenvalue weighted by Gasteiger charge is 2.42. The SMILES string of the molecule is CCOC(=O)[C@H]1C(=O)NC(N2CCN(c3ccc(Cl)cc3)CC2)=N[C@@H]1c1ccc(OC)c(OC)c1. The molecule has 0 spiro atoms. The molecule has 2 aromatic carbocycles. The number of halogens is 1. The summed E-state index contributed by atoms with van der Waals surface area (Å²) in [7, 11) is 3.08. The number of anilines is 1. The van der Waals surface area contributed by atoms with Gasteiger partial charge < -0.3 is 24.0 Å². The molecule has 0 radical (unpaired) electrons. The number of carbonyl (C=O) groups excluding carboxylic acids is 2. The molecule has 2 aliphatic rings. The smallest absolute Gasteiger partial charge is 0.321 e. The monoisotopic (exact) mass is 500 g/mol. The largest absolute Gasteiger partial charge is 0.493 e. The molecule has 0 saturated carbocycles. The summed E-state index contributed by atoms with van der Waals surface area (Å²) in [6, 6.07) is 12.2. The van der Waals surface area contributed by atoms with Crippen molar-refractivity contribution in [2.24, 2.45) is 10.9 Å². The number of guanidine groups is 1. The first-order valence-electron chi connectivity index (χ1n) is 11.5. The molecule has 0 aliphatic carbocycles. The van der Waals surface area contributed by atoms with Crippen LogP contribution in [0.3, 0.4) is 0 Å². The lowest BCUT2D eigenvalue weighted by Gasteiger charge is -2.39. The van der Waals surface area contributed by atoms with Gasteiger partial charge in [0.15, 0.2) is 17.4 Å². The molecule has 9 nitrogen and oxygen atoms in total. The highest BCUT2D eigenvalue weighted by molar-refractivity contribution is 6.30. The zero-order valence-electron chi connectivity index (χ0n) is 20.0. The van der Waals surface area contributed by atoms with E-state index >= 15 is 0 Å².